The number of ether oxygens (including phenoxy) is 1. The molecule has 1 aromatic rings. The molecule has 0 aliphatic carbocycles. The van der Waals surface area contributed by atoms with Gasteiger partial charge in [0.1, 0.15) is 0 Å². The molecule has 0 radical (unpaired) electrons. The first-order valence-corrected chi connectivity index (χ1v) is 7.46. The number of benzene rings is 1. The number of carbonyl (C=O) groups is 2. The molecular formula is C12H15NO7S. The van der Waals surface area contributed by atoms with Gasteiger partial charge in [0, 0.05) is 6.54 Å². The molecule has 0 unspecified atom stereocenters. The van der Waals surface area contributed by atoms with E-state index in [1.54, 1.807) is 0 Å². The van der Waals surface area contributed by atoms with Gasteiger partial charge in [-0.3, -0.25) is 0 Å². The number of hydrogen-bond donors (Lipinski definition) is 3. The number of aliphatic hydroxyl groups excluding tert-OH is 1. The smallest absolute Gasteiger partial charge is 0.337 e. The molecule has 0 spiro atoms. The van der Waals surface area contributed by atoms with E-state index in [1.807, 2.05) is 4.72 Å². The maximum absolute atomic E-state index is 11.7. The van der Waals surface area contributed by atoms with Gasteiger partial charge in [-0.2, -0.15) is 0 Å². The number of carboxylic acids is 1. The van der Waals surface area contributed by atoms with E-state index < -0.39 is 40.4 Å². The summed E-state index contributed by atoms with van der Waals surface area (Å²) in [7, 11) is -2.63. The van der Waals surface area contributed by atoms with Gasteiger partial charge in [-0.05, 0) is 17.7 Å². The third kappa shape index (κ3) is 5.50. The monoisotopic (exact) mass is 317 g/mol. The summed E-state index contributed by atoms with van der Waals surface area (Å²) in [6.07, 6.45) is -1.82. The van der Waals surface area contributed by atoms with Gasteiger partial charge in [-0.15, -0.1) is 0 Å². The summed E-state index contributed by atoms with van der Waals surface area (Å²) in [5.41, 5.74) is 0.533. The third-order valence-corrected chi connectivity index (χ3v) is 3.81. The molecule has 0 amide bonds. The first-order chi connectivity index (χ1) is 9.75. The summed E-state index contributed by atoms with van der Waals surface area (Å²) in [4.78, 5) is 21.7. The number of hydrogen-bond acceptors (Lipinski definition) is 6. The number of aliphatic hydroxyl groups is 1. The highest BCUT2D eigenvalue weighted by Gasteiger charge is 2.18. The van der Waals surface area contributed by atoms with Crippen LogP contribution in [0.3, 0.4) is 0 Å². The lowest BCUT2D eigenvalue weighted by Crippen LogP contribution is -2.37. The molecule has 3 N–H and O–H groups in total. The molecule has 0 saturated carbocycles. The summed E-state index contributed by atoms with van der Waals surface area (Å²) in [5.74, 6) is -2.57. The fraction of sp³-hybridized carbons (Fsp3) is 0.333. The highest BCUT2D eigenvalue weighted by Crippen LogP contribution is 2.09. The molecule has 0 bridgehead atoms. The zero-order valence-corrected chi connectivity index (χ0v) is 12.0. The van der Waals surface area contributed by atoms with Crippen molar-refractivity contribution in [3.8, 4) is 0 Å². The number of sulfonamides is 1. The van der Waals surface area contributed by atoms with E-state index in [0.29, 0.717) is 5.56 Å². The van der Waals surface area contributed by atoms with Crippen LogP contribution in [0.2, 0.25) is 0 Å². The second-order valence-corrected chi connectivity index (χ2v) is 5.96. The van der Waals surface area contributed by atoms with Crippen molar-refractivity contribution in [2.45, 2.75) is 11.9 Å². The van der Waals surface area contributed by atoms with E-state index in [4.69, 9.17) is 10.2 Å². The van der Waals surface area contributed by atoms with Crippen LogP contribution in [0.5, 0.6) is 0 Å². The normalized spacial score (nSPS) is 12.7. The molecule has 8 nitrogen and oxygen atoms in total. The van der Waals surface area contributed by atoms with Gasteiger partial charge in [0.05, 0.1) is 18.4 Å². The van der Waals surface area contributed by atoms with Crippen molar-refractivity contribution in [3.63, 3.8) is 0 Å². The summed E-state index contributed by atoms with van der Waals surface area (Å²) in [6.45, 7) is -0.631. The van der Waals surface area contributed by atoms with Gasteiger partial charge in [0.15, 0.2) is 6.10 Å². The topological polar surface area (TPSA) is 130 Å². The number of rotatable bonds is 7. The molecule has 1 atom stereocenters. The van der Waals surface area contributed by atoms with Crippen molar-refractivity contribution in [1.82, 2.24) is 4.72 Å². The Labute approximate surface area is 121 Å². The number of carboxylic acid groups (broad SMARTS) is 1. The lowest BCUT2D eigenvalue weighted by Gasteiger charge is -2.09. The maximum Gasteiger partial charge on any atom is 0.337 e. The van der Waals surface area contributed by atoms with Crippen molar-refractivity contribution in [1.29, 1.82) is 0 Å². The fourth-order valence-corrected chi connectivity index (χ4v) is 2.60. The maximum atomic E-state index is 11.7. The van der Waals surface area contributed by atoms with E-state index in [0.717, 1.165) is 0 Å². The minimum atomic E-state index is -3.84. The molecule has 0 aliphatic rings. The number of nitrogens with one attached hydrogen (secondary N) is 1. The Morgan fingerprint density at radius 3 is 2.62 bits per heavy atom. The van der Waals surface area contributed by atoms with Crippen molar-refractivity contribution >= 4 is 22.0 Å². The molecule has 116 valence electrons. The van der Waals surface area contributed by atoms with Crippen molar-refractivity contribution < 1.29 is 33.0 Å². The largest absolute Gasteiger partial charge is 0.479 e. The molecule has 0 saturated heterocycles. The first kappa shape index (κ1) is 17.1. The molecule has 9 heteroatoms. The summed E-state index contributed by atoms with van der Waals surface area (Å²) in [5, 5.41) is 17.5. The molecule has 21 heavy (non-hydrogen) atoms. The average Bonchev–Trinajstić information content (AvgIpc) is 2.43. The van der Waals surface area contributed by atoms with Crippen LogP contribution in [0.1, 0.15) is 15.9 Å². The molecule has 1 aromatic carbocycles. The Morgan fingerprint density at radius 2 is 2.05 bits per heavy atom. The Kier molecular flexibility index (Phi) is 5.82. The zero-order chi connectivity index (χ0) is 16.0. The van der Waals surface area contributed by atoms with Crippen LogP contribution in [0.15, 0.2) is 24.3 Å². The molecule has 0 heterocycles. The van der Waals surface area contributed by atoms with Crippen LogP contribution in [0, 0.1) is 0 Å². The molecule has 0 aliphatic heterocycles. The van der Waals surface area contributed by atoms with Crippen LogP contribution in [0.4, 0.5) is 0 Å². The van der Waals surface area contributed by atoms with Gasteiger partial charge in [-0.1, -0.05) is 12.1 Å². The van der Waals surface area contributed by atoms with E-state index in [2.05, 4.69) is 4.74 Å². The third-order valence-electron chi connectivity index (χ3n) is 2.49. The number of carbonyl (C=O) groups excluding carboxylic acids is 1. The standard InChI is InChI=1S/C12H15NO7S/c1-20-12(17)9-4-2-3-8(5-9)7-21(18,19)13-6-10(14)11(15)16/h2-5,10,13-14H,6-7H2,1H3,(H,15,16)/t10-/m0/s1. The Hall–Kier alpha value is -1.97. The lowest BCUT2D eigenvalue weighted by molar-refractivity contribution is -0.146. The van der Waals surface area contributed by atoms with Gasteiger partial charge < -0.3 is 14.9 Å². The van der Waals surface area contributed by atoms with Gasteiger partial charge >= 0.3 is 11.9 Å². The quantitative estimate of drug-likeness (QED) is 0.569. The highest BCUT2D eigenvalue weighted by molar-refractivity contribution is 7.88. The van der Waals surface area contributed by atoms with Crippen LogP contribution in [-0.4, -0.2) is 50.3 Å². The predicted octanol–water partition coefficient (Wildman–Crippen LogP) is -0.662. The second-order valence-electron chi connectivity index (χ2n) is 4.15. The Morgan fingerprint density at radius 1 is 1.38 bits per heavy atom. The van der Waals surface area contributed by atoms with E-state index in [9.17, 15) is 18.0 Å². The second kappa shape index (κ2) is 7.16. The van der Waals surface area contributed by atoms with Crippen LogP contribution < -0.4 is 4.72 Å². The summed E-state index contributed by atoms with van der Waals surface area (Å²) < 4.78 is 30.0. The first-order valence-electron chi connectivity index (χ1n) is 5.80. The lowest BCUT2D eigenvalue weighted by atomic mass is 10.1. The van der Waals surface area contributed by atoms with Crippen molar-refractivity contribution in [3.05, 3.63) is 35.4 Å². The minimum Gasteiger partial charge on any atom is -0.479 e. The molecular weight excluding hydrogens is 302 g/mol. The summed E-state index contributed by atoms with van der Waals surface area (Å²) in [6, 6.07) is 5.84. The van der Waals surface area contributed by atoms with Crippen LogP contribution >= 0.6 is 0 Å². The molecule has 0 aromatic heterocycles. The van der Waals surface area contributed by atoms with Gasteiger partial charge in [0.25, 0.3) is 0 Å². The number of methoxy groups -OCH3 is 1. The van der Waals surface area contributed by atoms with E-state index in [-0.39, 0.29) is 5.56 Å². The zero-order valence-electron chi connectivity index (χ0n) is 11.1. The van der Waals surface area contributed by atoms with Crippen molar-refractivity contribution in [2.24, 2.45) is 0 Å². The van der Waals surface area contributed by atoms with Crippen LogP contribution in [0.25, 0.3) is 0 Å². The van der Waals surface area contributed by atoms with E-state index >= 15 is 0 Å². The van der Waals surface area contributed by atoms with Gasteiger partial charge in [-0.25, -0.2) is 22.7 Å². The fourth-order valence-electron chi connectivity index (χ4n) is 1.47. The minimum absolute atomic E-state index is 0.204. The van der Waals surface area contributed by atoms with Crippen molar-refractivity contribution in [2.75, 3.05) is 13.7 Å². The predicted molar refractivity (Wildman–Crippen MR) is 72.1 cm³/mol. The van der Waals surface area contributed by atoms with E-state index in [1.165, 1.54) is 31.4 Å². The summed E-state index contributed by atoms with van der Waals surface area (Å²) >= 11 is 0. The highest BCUT2D eigenvalue weighted by atomic mass is 32.2. The number of aliphatic carboxylic acids is 1. The molecule has 1 rings (SSSR count). The van der Waals surface area contributed by atoms with Crippen LogP contribution in [-0.2, 0) is 25.3 Å². The Balaban J connectivity index is 2.75. The Bertz CT molecular complexity index is 626. The number of esters is 1. The molecule has 0 fully saturated rings. The average molecular weight is 317 g/mol. The SMILES string of the molecule is COC(=O)c1cccc(CS(=O)(=O)NC[C@H](O)C(=O)O)c1. The van der Waals surface area contributed by atoms with Gasteiger partial charge in [0.2, 0.25) is 10.0 Å².